The average molecular weight is 577 g/mol. The first-order valence-electron chi connectivity index (χ1n) is 13.0. The number of thiazole rings is 2. The molecule has 0 saturated carbocycles. The van der Waals surface area contributed by atoms with E-state index < -0.39 is 0 Å². The fourth-order valence-electron chi connectivity index (χ4n) is 4.74. The summed E-state index contributed by atoms with van der Waals surface area (Å²) in [5.41, 5.74) is 6.77. The van der Waals surface area contributed by atoms with Gasteiger partial charge >= 0.3 is 10.3 Å². The highest BCUT2D eigenvalue weighted by Gasteiger charge is 2.21. The van der Waals surface area contributed by atoms with Crippen molar-refractivity contribution in [1.29, 1.82) is 0 Å². The molecule has 0 bridgehead atoms. The highest BCUT2D eigenvalue weighted by molar-refractivity contribution is 7.13. The predicted octanol–water partition coefficient (Wildman–Crippen LogP) is 8.10. The number of benzene rings is 2. The molecule has 0 unspecified atom stereocenters. The molecular formula is C30H40N8S2. The van der Waals surface area contributed by atoms with Crippen LogP contribution in [-0.2, 0) is 13.1 Å². The molecule has 2 aromatic heterocycles. The number of anilines is 2. The van der Waals surface area contributed by atoms with Gasteiger partial charge in [0.1, 0.15) is 23.8 Å². The van der Waals surface area contributed by atoms with Gasteiger partial charge in [-0.1, -0.05) is 0 Å². The minimum Gasteiger partial charge on any atom is -0.368 e. The summed E-state index contributed by atoms with van der Waals surface area (Å²) in [6, 6.07) is 12.8. The quantitative estimate of drug-likeness (QED) is 0.121. The van der Waals surface area contributed by atoms with Crippen molar-refractivity contribution in [3.8, 4) is 0 Å². The van der Waals surface area contributed by atoms with Gasteiger partial charge in [0.2, 0.25) is 0 Å². The SMILES string of the molecule is CC[n+]1ccsc1N=Nc1ccc(N2CCN(c3ccc(N=Nc4scc[n+]4CC)cc3C)CC2)c(C)c1.[CH3-].[CH3-]. The Hall–Kier alpha value is -3.50. The van der Waals surface area contributed by atoms with E-state index in [1.54, 1.807) is 22.7 Å². The number of piperazine rings is 1. The van der Waals surface area contributed by atoms with Crippen LogP contribution in [0.5, 0.6) is 0 Å². The van der Waals surface area contributed by atoms with E-state index in [1.165, 1.54) is 22.5 Å². The lowest BCUT2D eigenvalue weighted by atomic mass is 10.1. The Bertz CT molecular complexity index is 1340. The Balaban J connectivity index is 0.00000220. The molecule has 0 N–H and O–H groups in total. The molecule has 4 aromatic rings. The molecule has 0 radical (unpaired) electrons. The molecule has 1 aliphatic rings. The summed E-state index contributed by atoms with van der Waals surface area (Å²) in [6.07, 6.45) is 4.09. The number of aryl methyl sites for hydroxylation is 4. The number of rotatable bonds is 8. The summed E-state index contributed by atoms with van der Waals surface area (Å²) in [5, 5.41) is 23.8. The van der Waals surface area contributed by atoms with E-state index in [2.05, 4.69) is 103 Å². The average Bonchev–Trinajstić information content (AvgIpc) is 3.60. The highest BCUT2D eigenvalue weighted by atomic mass is 32.1. The maximum atomic E-state index is 4.48. The molecule has 2 aromatic carbocycles. The first-order chi connectivity index (χ1) is 18.6. The van der Waals surface area contributed by atoms with Crippen LogP contribution in [0.25, 0.3) is 0 Å². The van der Waals surface area contributed by atoms with Crippen LogP contribution in [0.1, 0.15) is 25.0 Å². The van der Waals surface area contributed by atoms with Crippen molar-refractivity contribution in [2.24, 2.45) is 20.5 Å². The molecule has 10 heteroatoms. The van der Waals surface area contributed by atoms with Gasteiger partial charge in [-0.25, -0.2) is 9.13 Å². The van der Waals surface area contributed by atoms with Gasteiger partial charge in [0, 0.05) is 48.3 Å². The Kier molecular flexibility index (Phi) is 11.0. The molecule has 0 atom stereocenters. The minimum atomic E-state index is 0. The van der Waals surface area contributed by atoms with E-state index >= 15 is 0 Å². The van der Waals surface area contributed by atoms with Gasteiger partial charge in [0.25, 0.3) is 0 Å². The minimum absolute atomic E-state index is 0. The predicted molar refractivity (Wildman–Crippen MR) is 168 cm³/mol. The van der Waals surface area contributed by atoms with Gasteiger partial charge < -0.3 is 24.7 Å². The molecule has 8 nitrogen and oxygen atoms in total. The summed E-state index contributed by atoms with van der Waals surface area (Å²) < 4.78 is 4.20. The van der Waals surface area contributed by atoms with E-state index in [9.17, 15) is 0 Å². The van der Waals surface area contributed by atoms with Crippen LogP contribution < -0.4 is 18.9 Å². The van der Waals surface area contributed by atoms with Gasteiger partial charge in [-0.2, -0.15) is 0 Å². The van der Waals surface area contributed by atoms with Crippen molar-refractivity contribution in [2.75, 3.05) is 36.0 Å². The van der Waals surface area contributed by atoms with Gasteiger partial charge in [0.05, 0.1) is 23.3 Å². The van der Waals surface area contributed by atoms with Crippen LogP contribution in [-0.4, -0.2) is 26.2 Å². The summed E-state index contributed by atoms with van der Waals surface area (Å²) in [6.45, 7) is 14.2. The van der Waals surface area contributed by atoms with E-state index in [0.717, 1.165) is 60.9 Å². The monoisotopic (exact) mass is 576 g/mol. The smallest absolute Gasteiger partial charge is 0.368 e. The third-order valence-corrected chi connectivity index (χ3v) is 8.39. The fourth-order valence-corrected chi connectivity index (χ4v) is 6.22. The molecular weight excluding hydrogens is 537 g/mol. The van der Waals surface area contributed by atoms with Crippen LogP contribution >= 0.6 is 22.7 Å². The van der Waals surface area contributed by atoms with Gasteiger partial charge in [0.15, 0.2) is 0 Å². The van der Waals surface area contributed by atoms with Crippen LogP contribution in [0.3, 0.4) is 0 Å². The van der Waals surface area contributed by atoms with Crippen LogP contribution in [0.15, 0.2) is 80.0 Å². The molecule has 1 fully saturated rings. The van der Waals surface area contributed by atoms with Crippen molar-refractivity contribution in [3.05, 3.63) is 85.5 Å². The standard InChI is InChI=1S/C28H34N8S2.2CH3/c1-5-33-15-17-37-27(33)31-29-23-7-9-25(21(3)19-23)35-11-13-36(14-12-35)26-10-8-24(20-22(26)4)30-32-28-34(6-2)16-18-38-28;;/h7-10,15-20H,5-6,11-14H2,1-4H3;2*1H3/q+2;2*-1. The lowest BCUT2D eigenvalue weighted by Gasteiger charge is -2.38. The Morgan fingerprint density at radius 2 is 1.05 bits per heavy atom. The largest absolute Gasteiger partial charge is 0.408 e. The second-order valence-electron chi connectivity index (χ2n) is 9.26. The maximum absolute atomic E-state index is 4.48. The summed E-state index contributed by atoms with van der Waals surface area (Å²) in [4.78, 5) is 4.94. The van der Waals surface area contributed by atoms with Gasteiger partial charge in [-0.3, -0.25) is 0 Å². The van der Waals surface area contributed by atoms with E-state index in [0.29, 0.717) is 0 Å². The van der Waals surface area contributed by atoms with Crippen molar-refractivity contribution >= 4 is 55.7 Å². The zero-order valence-electron chi connectivity index (χ0n) is 24.4. The second kappa shape index (κ2) is 14.2. The van der Waals surface area contributed by atoms with Crippen molar-refractivity contribution in [3.63, 3.8) is 0 Å². The number of hydrogen-bond donors (Lipinski definition) is 0. The number of azo groups is 2. The summed E-state index contributed by atoms with van der Waals surface area (Å²) >= 11 is 3.21. The molecule has 0 amide bonds. The Morgan fingerprint density at radius 3 is 1.40 bits per heavy atom. The van der Waals surface area contributed by atoms with E-state index in [1.807, 2.05) is 23.2 Å². The number of nitrogens with zero attached hydrogens (tertiary/aromatic N) is 8. The van der Waals surface area contributed by atoms with Crippen LogP contribution in [0, 0.1) is 28.7 Å². The lowest BCUT2D eigenvalue weighted by Crippen LogP contribution is -2.47. The molecule has 0 spiro atoms. The van der Waals surface area contributed by atoms with E-state index in [4.69, 9.17) is 0 Å². The molecule has 5 rings (SSSR count). The third kappa shape index (κ3) is 6.98. The highest BCUT2D eigenvalue weighted by Crippen LogP contribution is 2.30. The van der Waals surface area contributed by atoms with Gasteiger partial charge in [-0.05, 0) is 108 Å². The topological polar surface area (TPSA) is 63.7 Å². The first kappa shape index (κ1) is 31.0. The Labute approximate surface area is 247 Å². The molecule has 3 heterocycles. The molecule has 0 aliphatic carbocycles. The zero-order chi connectivity index (χ0) is 26.5. The van der Waals surface area contributed by atoms with Gasteiger partial charge in [-0.15, -0.1) is 0 Å². The summed E-state index contributed by atoms with van der Waals surface area (Å²) in [5.74, 6) is 0. The fraction of sp³-hybridized carbons (Fsp3) is 0.333. The normalized spacial score (nSPS) is 13.6. The Morgan fingerprint density at radius 1 is 0.650 bits per heavy atom. The van der Waals surface area contributed by atoms with E-state index in [-0.39, 0.29) is 14.9 Å². The zero-order valence-corrected chi connectivity index (χ0v) is 26.0. The molecule has 40 heavy (non-hydrogen) atoms. The van der Waals surface area contributed by atoms with Crippen LogP contribution in [0.4, 0.5) is 33.0 Å². The second-order valence-corrected chi connectivity index (χ2v) is 11.0. The number of aromatic nitrogens is 2. The summed E-state index contributed by atoms with van der Waals surface area (Å²) in [7, 11) is 0. The maximum Gasteiger partial charge on any atom is 0.408 e. The first-order valence-corrected chi connectivity index (χ1v) is 14.8. The van der Waals surface area contributed by atoms with Crippen molar-refractivity contribution < 1.29 is 9.13 Å². The van der Waals surface area contributed by atoms with Crippen molar-refractivity contribution in [1.82, 2.24) is 0 Å². The lowest BCUT2D eigenvalue weighted by molar-refractivity contribution is -0.677. The van der Waals surface area contributed by atoms with Crippen molar-refractivity contribution in [2.45, 2.75) is 40.8 Å². The molecule has 1 saturated heterocycles. The molecule has 1 aliphatic heterocycles. The number of hydrogen-bond acceptors (Lipinski definition) is 8. The third-order valence-electron chi connectivity index (χ3n) is 6.83. The molecule has 212 valence electrons. The van der Waals surface area contributed by atoms with Crippen LogP contribution in [0.2, 0.25) is 0 Å².